The molecule has 0 radical (unpaired) electrons. The molecular weight excluding hydrogens is 551 g/mol. The van der Waals surface area contributed by atoms with Crippen molar-refractivity contribution in [2.45, 2.75) is 13.8 Å². The lowest BCUT2D eigenvalue weighted by Crippen LogP contribution is -2.61. The third-order valence-electron chi connectivity index (χ3n) is 9.18. The van der Waals surface area contributed by atoms with Crippen LogP contribution in [-0.2, 0) is 0 Å². The number of anilines is 5. The molecule has 208 valence electrons. The Balaban J connectivity index is 1.38. The molecular formula is C40H29BN2S. The van der Waals surface area contributed by atoms with Crippen molar-refractivity contribution in [2.75, 3.05) is 9.71 Å². The third kappa shape index (κ3) is 3.74. The van der Waals surface area contributed by atoms with E-state index in [1.807, 2.05) is 11.3 Å². The van der Waals surface area contributed by atoms with Crippen molar-refractivity contribution < 1.29 is 0 Å². The molecule has 9 rings (SSSR count). The Bertz CT molecular complexity index is 2220. The Morgan fingerprint density at radius 1 is 0.545 bits per heavy atom. The first-order valence-corrected chi connectivity index (χ1v) is 16.0. The molecule has 1 aromatic heterocycles. The topological polar surface area (TPSA) is 6.48 Å². The van der Waals surface area contributed by atoms with Crippen LogP contribution in [0.25, 0.3) is 32.3 Å². The zero-order valence-corrected chi connectivity index (χ0v) is 25.5. The van der Waals surface area contributed by atoms with Gasteiger partial charge >= 0.3 is 6.85 Å². The van der Waals surface area contributed by atoms with Crippen LogP contribution >= 0.6 is 11.3 Å². The summed E-state index contributed by atoms with van der Waals surface area (Å²) in [5, 5.41) is 1.30. The van der Waals surface area contributed by atoms with Gasteiger partial charge in [-0.05, 0) is 89.8 Å². The minimum absolute atomic E-state index is 0.0409. The fourth-order valence-corrected chi connectivity index (χ4v) is 8.23. The number of thiophene rings is 1. The predicted octanol–water partition coefficient (Wildman–Crippen LogP) is 9.89. The third-order valence-corrected chi connectivity index (χ3v) is 10.2. The van der Waals surface area contributed by atoms with Gasteiger partial charge in [0.15, 0.2) is 0 Å². The number of para-hydroxylation sites is 2. The highest BCUT2D eigenvalue weighted by atomic mass is 32.1. The molecule has 6 aromatic carbocycles. The highest BCUT2D eigenvalue weighted by Gasteiger charge is 2.44. The van der Waals surface area contributed by atoms with E-state index in [0.717, 1.165) is 0 Å². The molecule has 0 saturated carbocycles. The number of aryl methyl sites for hydroxylation is 2. The van der Waals surface area contributed by atoms with E-state index in [0.29, 0.717) is 0 Å². The van der Waals surface area contributed by atoms with E-state index in [9.17, 15) is 0 Å². The van der Waals surface area contributed by atoms with E-state index in [4.69, 9.17) is 0 Å². The maximum absolute atomic E-state index is 2.56. The average molecular weight is 581 g/mol. The molecule has 3 heterocycles. The minimum atomic E-state index is 0.0409. The number of hydrogen-bond donors (Lipinski definition) is 0. The second kappa shape index (κ2) is 9.73. The van der Waals surface area contributed by atoms with Gasteiger partial charge in [-0.2, -0.15) is 0 Å². The highest BCUT2D eigenvalue weighted by molar-refractivity contribution is 7.19. The maximum atomic E-state index is 2.56. The molecule has 2 aliphatic heterocycles. The Hall–Kier alpha value is -5.06. The molecule has 0 bridgehead atoms. The SMILES string of the molecule is Cc1ccc(N2B3c4ccccc4N(c4cc5sc(C)cc5cc4-c4ccccc4)c4cccc(c43)-c3ccccc32)cc1. The first kappa shape index (κ1) is 25.4. The van der Waals surface area contributed by atoms with Crippen molar-refractivity contribution in [1.82, 2.24) is 0 Å². The lowest BCUT2D eigenvalue weighted by atomic mass is 9.43. The Morgan fingerprint density at radius 3 is 2.09 bits per heavy atom. The van der Waals surface area contributed by atoms with Crippen molar-refractivity contribution >= 4 is 67.6 Å². The second-order valence-corrected chi connectivity index (χ2v) is 13.2. The van der Waals surface area contributed by atoms with Crippen molar-refractivity contribution in [3.8, 4) is 22.3 Å². The summed E-state index contributed by atoms with van der Waals surface area (Å²) in [5.74, 6) is 0. The van der Waals surface area contributed by atoms with E-state index >= 15 is 0 Å². The molecule has 0 unspecified atom stereocenters. The first-order valence-electron chi connectivity index (χ1n) is 15.2. The van der Waals surface area contributed by atoms with Gasteiger partial charge in [-0.15, -0.1) is 11.3 Å². The van der Waals surface area contributed by atoms with Crippen molar-refractivity contribution in [1.29, 1.82) is 0 Å². The van der Waals surface area contributed by atoms with Crippen LogP contribution in [0.2, 0.25) is 0 Å². The fraction of sp³-hybridized carbons (Fsp3) is 0.0500. The van der Waals surface area contributed by atoms with Crippen LogP contribution in [0.4, 0.5) is 28.4 Å². The van der Waals surface area contributed by atoms with Crippen molar-refractivity contribution in [2.24, 2.45) is 0 Å². The monoisotopic (exact) mass is 580 g/mol. The largest absolute Gasteiger partial charge is 0.376 e. The van der Waals surface area contributed by atoms with E-state index in [1.165, 1.54) is 82.1 Å². The van der Waals surface area contributed by atoms with E-state index < -0.39 is 0 Å². The van der Waals surface area contributed by atoms with Gasteiger partial charge in [0.2, 0.25) is 0 Å². The number of benzene rings is 6. The average Bonchev–Trinajstić information content (AvgIpc) is 3.44. The smallest absolute Gasteiger partial charge is 0.333 e. The first-order chi connectivity index (χ1) is 21.7. The molecule has 0 aliphatic carbocycles. The standard InChI is InChI=1S/C40H29BN2S/c1-26-19-21-30(22-20-26)43-35-16-8-6-13-31(35)32-14-10-18-37-40(32)41(43)34-15-7-9-17-36(34)42(37)38-25-39-29(23-27(2)44-39)24-33(38)28-11-4-3-5-12-28/h3-25H,1-2H3. The molecule has 0 spiro atoms. The number of rotatable bonds is 3. The predicted molar refractivity (Wildman–Crippen MR) is 190 cm³/mol. The van der Waals surface area contributed by atoms with Crippen LogP contribution in [-0.4, -0.2) is 6.85 Å². The molecule has 0 saturated heterocycles. The van der Waals surface area contributed by atoms with Crippen LogP contribution < -0.4 is 20.6 Å². The summed E-state index contributed by atoms with van der Waals surface area (Å²) in [6, 6.07) is 51.8. The molecule has 2 aliphatic rings. The highest BCUT2D eigenvalue weighted by Crippen LogP contribution is 2.49. The number of nitrogens with zero attached hydrogens (tertiary/aromatic N) is 2. The van der Waals surface area contributed by atoms with Crippen LogP contribution in [0.5, 0.6) is 0 Å². The van der Waals surface area contributed by atoms with E-state index in [-0.39, 0.29) is 6.85 Å². The second-order valence-electron chi connectivity index (χ2n) is 11.9. The molecule has 0 atom stereocenters. The van der Waals surface area contributed by atoms with Crippen molar-refractivity contribution in [3.05, 3.63) is 150 Å². The van der Waals surface area contributed by atoms with Gasteiger partial charge in [-0.3, -0.25) is 0 Å². The van der Waals surface area contributed by atoms with Crippen LogP contribution in [0, 0.1) is 13.8 Å². The normalized spacial score (nSPS) is 13.1. The Labute approximate surface area is 262 Å². The molecule has 0 N–H and O–H groups in total. The summed E-state index contributed by atoms with van der Waals surface area (Å²) in [6.07, 6.45) is 0. The molecule has 0 amide bonds. The Kier molecular flexibility index (Phi) is 5.63. The van der Waals surface area contributed by atoms with Crippen LogP contribution in [0.3, 0.4) is 0 Å². The van der Waals surface area contributed by atoms with Gasteiger partial charge in [0.25, 0.3) is 0 Å². The summed E-state index contributed by atoms with van der Waals surface area (Å²) in [4.78, 5) is 6.42. The summed E-state index contributed by atoms with van der Waals surface area (Å²) < 4.78 is 1.31. The zero-order chi connectivity index (χ0) is 29.4. The summed E-state index contributed by atoms with van der Waals surface area (Å²) in [6.45, 7) is 4.41. The van der Waals surface area contributed by atoms with E-state index in [2.05, 4.69) is 163 Å². The quantitative estimate of drug-likeness (QED) is 0.192. The van der Waals surface area contributed by atoms with Gasteiger partial charge < -0.3 is 9.71 Å². The van der Waals surface area contributed by atoms with Gasteiger partial charge in [0.05, 0.1) is 5.69 Å². The van der Waals surface area contributed by atoms with Crippen LogP contribution in [0.15, 0.2) is 140 Å². The lowest BCUT2D eigenvalue weighted by molar-refractivity contribution is 1.27. The fourth-order valence-electron chi connectivity index (χ4n) is 7.29. The summed E-state index contributed by atoms with van der Waals surface area (Å²) in [5.41, 5.74) is 15.1. The molecule has 2 nitrogen and oxygen atoms in total. The van der Waals surface area contributed by atoms with E-state index in [1.54, 1.807) is 0 Å². The number of hydrogen-bond acceptors (Lipinski definition) is 3. The Morgan fingerprint density at radius 2 is 1.25 bits per heavy atom. The minimum Gasteiger partial charge on any atom is -0.376 e. The van der Waals surface area contributed by atoms with Gasteiger partial charge in [-0.25, -0.2) is 0 Å². The van der Waals surface area contributed by atoms with Gasteiger partial charge in [0, 0.05) is 43.5 Å². The maximum Gasteiger partial charge on any atom is 0.333 e. The van der Waals surface area contributed by atoms with Crippen molar-refractivity contribution in [3.63, 3.8) is 0 Å². The molecule has 0 fully saturated rings. The summed E-state index contributed by atoms with van der Waals surface area (Å²) >= 11 is 1.87. The van der Waals surface area contributed by atoms with Crippen LogP contribution in [0.1, 0.15) is 10.4 Å². The van der Waals surface area contributed by atoms with Gasteiger partial charge in [-0.1, -0.05) is 96.6 Å². The zero-order valence-electron chi connectivity index (χ0n) is 24.7. The molecule has 7 aromatic rings. The number of fused-ring (bicyclic) bond motifs is 5. The molecule has 44 heavy (non-hydrogen) atoms. The molecule has 4 heteroatoms. The summed E-state index contributed by atoms with van der Waals surface area (Å²) in [7, 11) is 0. The van der Waals surface area contributed by atoms with Gasteiger partial charge in [0.1, 0.15) is 0 Å². The lowest BCUT2D eigenvalue weighted by Gasteiger charge is -2.46.